The third-order valence-corrected chi connectivity index (χ3v) is 6.31. The zero-order chi connectivity index (χ0) is 24.4. The molecule has 2 aliphatic rings. The number of ether oxygens (including phenoxy) is 1. The largest absolute Gasteiger partial charge is 0.466 e. The van der Waals surface area contributed by atoms with Crippen LogP contribution in [0.25, 0.3) is 0 Å². The molecule has 2 atom stereocenters. The lowest BCUT2D eigenvalue weighted by molar-refractivity contribution is -0.152. The molecular weight excluding hydrogens is 441 g/mol. The second-order valence-electron chi connectivity index (χ2n) is 8.39. The van der Waals surface area contributed by atoms with Crippen molar-refractivity contribution in [2.45, 2.75) is 51.1 Å². The molecule has 0 aliphatic carbocycles. The molecule has 2 saturated heterocycles. The SMILES string of the molecule is CCOC(=O)[C@@H]1CCCN(C(=O)C[C@@]2(c3cccc(C(F)(F)F)c3)CC(=O)N(CC)C2=O)C1. The Morgan fingerprint density at radius 2 is 1.94 bits per heavy atom. The van der Waals surface area contributed by atoms with Crippen LogP contribution in [-0.4, -0.2) is 59.7 Å². The lowest BCUT2D eigenvalue weighted by atomic mass is 9.75. The van der Waals surface area contributed by atoms with Gasteiger partial charge in [-0.2, -0.15) is 13.2 Å². The van der Waals surface area contributed by atoms with E-state index >= 15 is 0 Å². The van der Waals surface area contributed by atoms with Crippen LogP contribution in [0.3, 0.4) is 0 Å². The van der Waals surface area contributed by atoms with Crippen LogP contribution in [-0.2, 0) is 35.5 Å². The summed E-state index contributed by atoms with van der Waals surface area (Å²) in [4.78, 5) is 53.6. The summed E-state index contributed by atoms with van der Waals surface area (Å²) < 4.78 is 45.1. The number of halogens is 3. The minimum absolute atomic E-state index is 0.0149. The van der Waals surface area contributed by atoms with Crippen molar-refractivity contribution in [1.29, 1.82) is 0 Å². The van der Waals surface area contributed by atoms with Crippen molar-refractivity contribution >= 4 is 23.7 Å². The molecule has 0 unspecified atom stereocenters. The number of carbonyl (C=O) groups is 4. The summed E-state index contributed by atoms with van der Waals surface area (Å²) in [5.74, 6) is -2.61. The highest BCUT2D eigenvalue weighted by molar-refractivity contribution is 6.10. The maximum Gasteiger partial charge on any atom is 0.416 e. The van der Waals surface area contributed by atoms with E-state index in [1.54, 1.807) is 13.8 Å². The molecule has 180 valence electrons. The fraction of sp³-hybridized carbons (Fsp3) is 0.565. The lowest BCUT2D eigenvalue weighted by Crippen LogP contribution is -2.47. The molecule has 7 nitrogen and oxygen atoms in total. The summed E-state index contributed by atoms with van der Waals surface area (Å²) in [5, 5.41) is 0. The number of hydrogen-bond donors (Lipinski definition) is 0. The molecule has 3 rings (SSSR count). The van der Waals surface area contributed by atoms with Crippen molar-refractivity contribution in [3.8, 4) is 0 Å². The van der Waals surface area contributed by atoms with Crippen molar-refractivity contribution in [1.82, 2.24) is 9.80 Å². The molecule has 0 saturated carbocycles. The minimum atomic E-state index is -4.64. The first-order valence-corrected chi connectivity index (χ1v) is 11.0. The van der Waals surface area contributed by atoms with E-state index < -0.39 is 53.2 Å². The fourth-order valence-electron chi connectivity index (χ4n) is 4.61. The van der Waals surface area contributed by atoms with E-state index in [0.717, 1.165) is 17.0 Å². The molecular formula is C23H27F3N2O5. The Balaban J connectivity index is 1.94. The summed E-state index contributed by atoms with van der Waals surface area (Å²) in [6, 6.07) is 4.25. The van der Waals surface area contributed by atoms with Gasteiger partial charge in [0.15, 0.2) is 0 Å². The van der Waals surface area contributed by atoms with Gasteiger partial charge in [-0.1, -0.05) is 18.2 Å². The Morgan fingerprint density at radius 3 is 2.55 bits per heavy atom. The topological polar surface area (TPSA) is 84.0 Å². The van der Waals surface area contributed by atoms with Gasteiger partial charge in [-0.05, 0) is 38.3 Å². The molecule has 3 amide bonds. The van der Waals surface area contributed by atoms with Crippen LogP contribution in [0, 0.1) is 5.92 Å². The van der Waals surface area contributed by atoms with Crippen LogP contribution in [0.2, 0.25) is 0 Å². The van der Waals surface area contributed by atoms with Crippen LogP contribution in [0.4, 0.5) is 13.2 Å². The molecule has 1 aromatic carbocycles. The van der Waals surface area contributed by atoms with Gasteiger partial charge in [0.2, 0.25) is 17.7 Å². The maximum absolute atomic E-state index is 13.3. The molecule has 0 radical (unpaired) electrons. The number of esters is 1. The molecule has 10 heteroatoms. The Bertz CT molecular complexity index is 948. The molecule has 1 aromatic rings. The first-order chi connectivity index (χ1) is 15.5. The zero-order valence-corrected chi connectivity index (χ0v) is 18.6. The van der Waals surface area contributed by atoms with Crippen molar-refractivity contribution in [2.24, 2.45) is 5.92 Å². The highest BCUT2D eigenvalue weighted by Gasteiger charge is 2.54. The Kier molecular flexibility index (Phi) is 7.14. The maximum atomic E-state index is 13.3. The number of likely N-dealkylation sites (N-methyl/N-ethyl adjacent to an activating group) is 1. The quantitative estimate of drug-likeness (QED) is 0.474. The monoisotopic (exact) mass is 468 g/mol. The summed E-state index contributed by atoms with van der Waals surface area (Å²) in [6.45, 7) is 4.01. The Labute approximate surface area is 189 Å². The minimum Gasteiger partial charge on any atom is -0.466 e. The first-order valence-electron chi connectivity index (χ1n) is 11.0. The number of likely N-dealkylation sites (tertiary alicyclic amines) is 2. The Morgan fingerprint density at radius 1 is 1.21 bits per heavy atom. The lowest BCUT2D eigenvalue weighted by Gasteiger charge is -2.35. The van der Waals surface area contributed by atoms with E-state index in [4.69, 9.17) is 4.74 Å². The highest BCUT2D eigenvalue weighted by Crippen LogP contribution is 2.42. The van der Waals surface area contributed by atoms with E-state index in [0.29, 0.717) is 19.4 Å². The highest BCUT2D eigenvalue weighted by atomic mass is 19.4. The normalized spacial score (nSPS) is 23.7. The summed E-state index contributed by atoms with van der Waals surface area (Å²) in [5.41, 5.74) is -2.69. The standard InChI is InChI=1S/C23H27F3N2O5/c1-3-28-19(30)13-22(21(28)32,16-8-5-9-17(11-16)23(24,25)26)12-18(29)27-10-6-7-15(14-27)20(31)33-4-2/h5,8-9,11,15H,3-4,6-7,10,12-14H2,1-2H3/t15-,22+/m1/s1. The van der Waals surface area contributed by atoms with E-state index in [1.165, 1.54) is 17.0 Å². The van der Waals surface area contributed by atoms with Gasteiger partial charge in [0.25, 0.3) is 0 Å². The van der Waals surface area contributed by atoms with Gasteiger partial charge in [0.1, 0.15) is 0 Å². The average Bonchev–Trinajstić information content (AvgIpc) is 3.03. The van der Waals surface area contributed by atoms with Crippen LogP contribution >= 0.6 is 0 Å². The second kappa shape index (κ2) is 9.52. The number of benzene rings is 1. The van der Waals surface area contributed by atoms with Crippen LogP contribution < -0.4 is 0 Å². The number of amides is 3. The van der Waals surface area contributed by atoms with Crippen LogP contribution in [0.1, 0.15) is 50.7 Å². The molecule has 2 fully saturated rings. The number of nitrogens with zero attached hydrogens (tertiary/aromatic N) is 2. The fourth-order valence-corrected chi connectivity index (χ4v) is 4.61. The van der Waals surface area contributed by atoms with Crippen LogP contribution in [0.15, 0.2) is 24.3 Å². The Hall–Kier alpha value is -2.91. The number of hydrogen-bond acceptors (Lipinski definition) is 5. The van der Waals surface area contributed by atoms with Gasteiger partial charge >= 0.3 is 12.1 Å². The average molecular weight is 468 g/mol. The molecule has 0 bridgehead atoms. The van der Waals surface area contributed by atoms with Gasteiger partial charge in [-0.3, -0.25) is 24.1 Å². The van der Waals surface area contributed by atoms with Gasteiger partial charge in [0, 0.05) is 32.5 Å². The predicted octanol–water partition coefficient (Wildman–Crippen LogP) is 2.91. The van der Waals surface area contributed by atoms with Crippen molar-refractivity contribution in [3.63, 3.8) is 0 Å². The van der Waals surface area contributed by atoms with Crippen molar-refractivity contribution < 1.29 is 37.1 Å². The number of piperidine rings is 1. The van der Waals surface area contributed by atoms with Crippen molar-refractivity contribution in [3.05, 3.63) is 35.4 Å². The molecule has 2 heterocycles. The van der Waals surface area contributed by atoms with E-state index in [-0.39, 0.29) is 31.7 Å². The van der Waals surface area contributed by atoms with E-state index in [2.05, 4.69) is 0 Å². The first kappa shape index (κ1) is 24.7. The molecule has 2 aliphatic heterocycles. The number of carbonyl (C=O) groups excluding carboxylic acids is 4. The van der Waals surface area contributed by atoms with Gasteiger partial charge in [-0.25, -0.2) is 0 Å². The van der Waals surface area contributed by atoms with E-state index in [9.17, 15) is 32.3 Å². The van der Waals surface area contributed by atoms with Gasteiger partial charge < -0.3 is 9.64 Å². The zero-order valence-electron chi connectivity index (χ0n) is 18.6. The number of imide groups is 1. The van der Waals surface area contributed by atoms with Gasteiger partial charge in [-0.15, -0.1) is 0 Å². The molecule has 33 heavy (non-hydrogen) atoms. The molecule has 0 N–H and O–H groups in total. The van der Waals surface area contributed by atoms with Gasteiger partial charge in [0.05, 0.1) is 23.5 Å². The summed E-state index contributed by atoms with van der Waals surface area (Å²) >= 11 is 0. The van der Waals surface area contributed by atoms with Crippen molar-refractivity contribution in [2.75, 3.05) is 26.2 Å². The number of alkyl halides is 3. The molecule has 0 spiro atoms. The smallest absolute Gasteiger partial charge is 0.416 e. The number of rotatable bonds is 6. The summed E-state index contributed by atoms with van der Waals surface area (Å²) in [6.07, 6.45) is -4.37. The third kappa shape index (κ3) is 4.89. The summed E-state index contributed by atoms with van der Waals surface area (Å²) in [7, 11) is 0. The third-order valence-electron chi connectivity index (χ3n) is 6.31. The van der Waals surface area contributed by atoms with Crippen LogP contribution in [0.5, 0.6) is 0 Å². The predicted molar refractivity (Wildman–Crippen MR) is 111 cm³/mol. The van der Waals surface area contributed by atoms with E-state index in [1.807, 2.05) is 0 Å². The molecule has 0 aromatic heterocycles. The second-order valence-corrected chi connectivity index (χ2v) is 8.39.